The summed E-state index contributed by atoms with van der Waals surface area (Å²) < 4.78 is 31.5. The van der Waals surface area contributed by atoms with Crippen molar-refractivity contribution in [2.24, 2.45) is 0 Å². The van der Waals surface area contributed by atoms with Gasteiger partial charge in [-0.2, -0.15) is 10.6 Å². The molecule has 4 heterocycles. The van der Waals surface area contributed by atoms with E-state index in [0.717, 1.165) is 16.9 Å². The minimum Gasteiger partial charge on any atom is -0.377 e. The van der Waals surface area contributed by atoms with Gasteiger partial charge in [0.15, 0.2) is 5.82 Å². The van der Waals surface area contributed by atoms with Gasteiger partial charge >= 0.3 is 6.03 Å². The summed E-state index contributed by atoms with van der Waals surface area (Å²) in [5, 5.41) is 5.67. The maximum Gasteiger partial charge on any atom is 0.319 e. The van der Waals surface area contributed by atoms with Gasteiger partial charge < -0.3 is 25.0 Å². The Bertz CT molecular complexity index is 1090. The molecule has 10 nitrogen and oxygen atoms in total. The average Bonchev–Trinajstić information content (AvgIpc) is 2.95. The number of aromatic nitrogens is 2. The van der Waals surface area contributed by atoms with Crippen molar-refractivity contribution in [2.75, 3.05) is 43.2 Å². The predicted molar refractivity (Wildman–Crippen MR) is 131 cm³/mol. The van der Waals surface area contributed by atoms with Gasteiger partial charge in [0.05, 0.1) is 54.7 Å². The number of nitrogens with one attached hydrogen (secondary N) is 2. The summed E-state index contributed by atoms with van der Waals surface area (Å²) >= 11 is 0. The second-order valence-electron chi connectivity index (χ2n) is 9.55. The molecule has 2 amide bonds. The van der Waals surface area contributed by atoms with Crippen molar-refractivity contribution < 1.29 is 23.4 Å². The third-order valence-electron chi connectivity index (χ3n) is 6.73. The van der Waals surface area contributed by atoms with Crippen LogP contribution in [0.4, 0.5) is 16.3 Å². The molecule has 2 fully saturated rings. The lowest BCUT2D eigenvalue weighted by Crippen LogP contribution is -2.49. The first kappa shape index (κ1) is 23.3. The molecule has 4 N–H and O–H groups in total. The van der Waals surface area contributed by atoms with Crippen LogP contribution in [0.3, 0.4) is 0 Å². The van der Waals surface area contributed by atoms with E-state index in [1.54, 1.807) is 12.1 Å². The predicted octanol–water partition coefficient (Wildman–Crippen LogP) is 3.39. The number of fused-ring (bicyclic) bond motifs is 1. The van der Waals surface area contributed by atoms with E-state index in [4.69, 9.17) is 19.4 Å². The summed E-state index contributed by atoms with van der Waals surface area (Å²) in [6.45, 7) is 8.66. The number of ether oxygens (including phenoxy) is 2. The molecule has 1 aromatic heterocycles. The Morgan fingerprint density at radius 1 is 1.15 bits per heavy atom. The second kappa shape index (κ2) is 8.65. The molecule has 2 aromatic rings. The highest BCUT2D eigenvalue weighted by atomic mass is 32.3. The van der Waals surface area contributed by atoms with Crippen LogP contribution in [-0.2, 0) is 20.0 Å². The highest BCUT2D eigenvalue weighted by Gasteiger charge is 2.48. The molecule has 0 aliphatic carbocycles. The Balaban J connectivity index is 1.47. The zero-order valence-electron chi connectivity index (χ0n) is 19.6. The van der Waals surface area contributed by atoms with E-state index in [-0.39, 0.29) is 23.9 Å². The molecule has 3 aliphatic rings. The number of carbonyl (C=O) groups excluding carboxylic acids is 1. The first-order valence-electron chi connectivity index (χ1n) is 11.4. The van der Waals surface area contributed by atoms with E-state index in [1.165, 1.54) is 0 Å². The van der Waals surface area contributed by atoms with E-state index in [1.807, 2.05) is 26.0 Å². The zero-order valence-corrected chi connectivity index (χ0v) is 20.4. The van der Waals surface area contributed by atoms with Gasteiger partial charge in [0, 0.05) is 23.4 Å². The number of rotatable bonds is 4. The van der Waals surface area contributed by atoms with Crippen molar-refractivity contribution in [2.45, 2.75) is 43.4 Å². The molecule has 3 aliphatic heterocycles. The molecular weight excluding hydrogens is 458 g/mol. The lowest BCUT2D eigenvalue weighted by molar-refractivity contribution is 0.000735. The molecule has 2 saturated heterocycles. The van der Waals surface area contributed by atoms with Gasteiger partial charge in [-0.05, 0) is 45.0 Å². The number of amides is 2. The van der Waals surface area contributed by atoms with Crippen molar-refractivity contribution in [1.29, 1.82) is 0 Å². The standard InChI is InChI=1S/C23H31N5O5S/c1-14-10-32-9-8-28(14)21-18-13-34(30,31)23(2,3)19(18)26-20(27-21)15-4-6-16(7-5-15)24-22(29)25-17-11-33-12-17/h4-7,14,17,30-31H,8-13H2,1-3H3,(H2,24,25,29). The van der Waals surface area contributed by atoms with Crippen LogP contribution >= 0.6 is 10.6 Å². The van der Waals surface area contributed by atoms with Gasteiger partial charge in [-0.25, -0.2) is 14.8 Å². The smallest absolute Gasteiger partial charge is 0.319 e. The Morgan fingerprint density at radius 2 is 1.88 bits per heavy atom. The Hall–Kier alpha value is -2.44. The summed E-state index contributed by atoms with van der Waals surface area (Å²) in [5.74, 6) is 1.41. The fourth-order valence-corrected chi connectivity index (χ4v) is 5.93. The van der Waals surface area contributed by atoms with Crippen molar-refractivity contribution in [3.8, 4) is 11.4 Å². The molecule has 11 heteroatoms. The minimum atomic E-state index is -2.91. The summed E-state index contributed by atoms with van der Waals surface area (Å²) in [6, 6.07) is 7.21. The number of morpholine rings is 1. The summed E-state index contributed by atoms with van der Waals surface area (Å²) in [6.07, 6.45) is 0. The second-order valence-corrected chi connectivity index (χ2v) is 12.2. The van der Waals surface area contributed by atoms with Crippen LogP contribution in [0.15, 0.2) is 24.3 Å². The van der Waals surface area contributed by atoms with Crippen molar-refractivity contribution >= 4 is 28.1 Å². The number of anilines is 2. The number of carbonyl (C=O) groups is 1. The lowest BCUT2D eigenvalue weighted by Gasteiger charge is -2.40. The van der Waals surface area contributed by atoms with Crippen molar-refractivity contribution in [3.05, 3.63) is 35.5 Å². The van der Waals surface area contributed by atoms with Gasteiger partial charge in [0.1, 0.15) is 5.82 Å². The van der Waals surface area contributed by atoms with Gasteiger partial charge in [0.25, 0.3) is 0 Å². The number of hydrogen-bond donors (Lipinski definition) is 4. The Labute approximate surface area is 200 Å². The molecule has 1 unspecified atom stereocenters. The van der Waals surface area contributed by atoms with E-state index in [9.17, 15) is 13.9 Å². The molecule has 1 aromatic carbocycles. The van der Waals surface area contributed by atoms with Crippen LogP contribution in [0, 0.1) is 0 Å². The zero-order chi connectivity index (χ0) is 24.1. The van der Waals surface area contributed by atoms with Crippen LogP contribution in [0.25, 0.3) is 11.4 Å². The molecule has 1 atom stereocenters. The molecule has 34 heavy (non-hydrogen) atoms. The minimum absolute atomic E-state index is 0.0516. The van der Waals surface area contributed by atoms with Crippen molar-refractivity contribution in [1.82, 2.24) is 15.3 Å². The average molecular weight is 490 g/mol. The highest BCUT2D eigenvalue weighted by Crippen LogP contribution is 2.66. The molecule has 5 rings (SSSR count). The van der Waals surface area contributed by atoms with Crippen LogP contribution < -0.4 is 15.5 Å². The first-order chi connectivity index (χ1) is 16.2. The van der Waals surface area contributed by atoms with Crippen LogP contribution in [0.1, 0.15) is 32.0 Å². The fourth-order valence-electron chi connectivity index (χ4n) is 4.42. The lowest BCUT2D eigenvalue weighted by atomic mass is 10.0. The van der Waals surface area contributed by atoms with Gasteiger partial charge in [0.2, 0.25) is 0 Å². The largest absolute Gasteiger partial charge is 0.377 e. The quantitative estimate of drug-likeness (QED) is 0.514. The third kappa shape index (κ3) is 4.11. The van der Waals surface area contributed by atoms with Crippen LogP contribution in [-0.4, -0.2) is 70.2 Å². The van der Waals surface area contributed by atoms with Gasteiger partial charge in [-0.3, -0.25) is 9.11 Å². The number of nitrogens with zero attached hydrogens (tertiary/aromatic N) is 3. The normalized spacial score (nSPS) is 24.1. The molecule has 0 radical (unpaired) electrons. The van der Waals surface area contributed by atoms with E-state index in [2.05, 4.69) is 22.5 Å². The fraction of sp³-hybridized carbons (Fsp3) is 0.522. The van der Waals surface area contributed by atoms with Crippen molar-refractivity contribution in [3.63, 3.8) is 0 Å². The molecule has 184 valence electrons. The number of hydrogen-bond acceptors (Lipinski definition) is 8. The molecule has 0 bridgehead atoms. The Morgan fingerprint density at radius 3 is 2.53 bits per heavy atom. The van der Waals surface area contributed by atoms with E-state index < -0.39 is 15.3 Å². The monoisotopic (exact) mass is 489 g/mol. The molecular formula is C23H31N5O5S. The first-order valence-corrected chi connectivity index (χ1v) is 13.1. The maximum absolute atomic E-state index is 12.1. The maximum atomic E-state index is 12.1. The topological polar surface area (TPSA) is 129 Å². The number of benzene rings is 1. The number of urea groups is 1. The molecule has 0 saturated carbocycles. The SMILES string of the molecule is CC1COCCN1c1nc(-c2ccc(NC(=O)NC3COC3)cc2)nc2c1CS(O)(O)C2(C)C. The summed E-state index contributed by atoms with van der Waals surface area (Å²) in [5.41, 5.74) is 2.91. The summed E-state index contributed by atoms with van der Waals surface area (Å²) in [4.78, 5) is 24.0. The molecule has 0 spiro atoms. The Kier molecular flexibility index (Phi) is 5.93. The van der Waals surface area contributed by atoms with E-state index >= 15 is 0 Å². The van der Waals surface area contributed by atoms with Gasteiger partial charge in [-0.1, -0.05) is 0 Å². The summed E-state index contributed by atoms with van der Waals surface area (Å²) in [7, 11) is -2.91. The van der Waals surface area contributed by atoms with Crippen LogP contribution in [0.5, 0.6) is 0 Å². The third-order valence-corrected chi connectivity index (χ3v) is 9.25. The van der Waals surface area contributed by atoms with Crippen LogP contribution in [0.2, 0.25) is 0 Å². The van der Waals surface area contributed by atoms with Gasteiger partial charge in [-0.15, -0.1) is 0 Å². The van der Waals surface area contributed by atoms with E-state index in [0.29, 0.717) is 50.2 Å². The highest BCUT2D eigenvalue weighted by molar-refractivity contribution is 8.24.